The molecule has 0 spiro atoms. The minimum Gasteiger partial charge on any atom is -0.497 e. The van der Waals surface area contributed by atoms with Crippen LogP contribution in [0.25, 0.3) is 12.2 Å². The normalized spacial score (nSPS) is 10.6. The van der Waals surface area contributed by atoms with Crippen molar-refractivity contribution in [3.63, 3.8) is 0 Å². The van der Waals surface area contributed by atoms with E-state index in [1.54, 1.807) is 37.9 Å². The number of benzene rings is 3. The van der Waals surface area contributed by atoms with Gasteiger partial charge in [0.15, 0.2) is 0 Å². The fourth-order valence-corrected chi connectivity index (χ4v) is 2.83. The summed E-state index contributed by atoms with van der Waals surface area (Å²) in [4.78, 5) is 11.5. The molecule has 1 amide bonds. The van der Waals surface area contributed by atoms with Crippen LogP contribution in [-0.2, 0) is 6.61 Å². The van der Waals surface area contributed by atoms with Crippen molar-refractivity contribution < 1.29 is 24.2 Å². The van der Waals surface area contributed by atoms with Gasteiger partial charge in [0.1, 0.15) is 23.9 Å². The molecule has 0 aliphatic rings. The van der Waals surface area contributed by atoms with Crippen LogP contribution in [-0.4, -0.2) is 25.3 Å². The predicted octanol–water partition coefficient (Wildman–Crippen LogP) is 4.57. The summed E-state index contributed by atoms with van der Waals surface area (Å²) in [6.07, 6.45) is 3.98. The molecule has 0 heterocycles. The number of hydrogen-bond donors (Lipinski definition) is 2. The van der Waals surface area contributed by atoms with Gasteiger partial charge in [0.2, 0.25) is 0 Å². The Hall–Kier alpha value is -3.77. The quantitative estimate of drug-likeness (QED) is 0.326. The number of rotatable bonds is 8. The van der Waals surface area contributed by atoms with Crippen LogP contribution in [0.1, 0.15) is 27.0 Å². The molecule has 0 aromatic heterocycles. The Morgan fingerprint density at radius 1 is 0.867 bits per heavy atom. The van der Waals surface area contributed by atoms with Gasteiger partial charge in [-0.25, -0.2) is 5.48 Å². The molecule has 2 N–H and O–H groups in total. The van der Waals surface area contributed by atoms with Crippen LogP contribution in [0.15, 0.2) is 66.7 Å². The number of nitrogens with one attached hydrogen (secondary N) is 1. The van der Waals surface area contributed by atoms with Gasteiger partial charge in [-0.05, 0) is 53.1 Å². The van der Waals surface area contributed by atoms with Gasteiger partial charge in [0.25, 0.3) is 5.91 Å². The maximum Gasteiger partial charge on any atom is 0.274 e. The van der Waals surface area contributed by atoms with Crippen molar-refractivity contribution in [2.24, 2.45) is 0 Å². The Labute approximate surface area is 175 Å². The van der Waals surface area contributed by atoms with E-state index >= 15 is 0 Å². The molecule has 0 bridgehead atoms. The van der Waals surface area contributed by atoms with Gasteiger partial charge in [-0.3, -0.25) is 10.0 Å². The lowest BCUT2D eigenvalue weighted by Gasteiger charge is -2.08. The van der Waals surface area contributed by atoms with Crippen LogP contribution in [0.2, 0.25) is 0 Å². The Morgan fingerprint density at radius 2 is 1.53 bits per heavy atom. The molecule has 0 saturated heterocycles. The van der Waals surface area contributed by atoms with Crippen LogP contribution in [0.5, 0.6) is 17.2 Å². The summed E-state index contributed by atoms with van der Waals surface area (Å²) < 4.78 is 16.4. The third-order valence-corrected chi connectivity index (χ3v) is 4.42. The lowest BCUT2D eigenvalue weighted by molar-refractivity contribution is 0.0706. The molecular weight excluding hydrogens is 382 g/mol. The van der Waals surface area contributed by atoms with Crippen LogP contribution in [0.4, 0.5) is 0 Å². The SMILES string of the molecule is COc1cc(/C=C/c2ccc(OCc3cccc(C(=O)NO)c3)cc2)cc(OC)c1. The van der Waals surface area contributed by atoms with Gasteiger partial charge in [0.05, 0.1) is 14.2 Å². The third-order valence-electron chi connectivity index (χ3n) is 4.42. The predicted molar refractivity (Wildman–Crippen MR) is 115 cm³/mol. The molecule has 0 unspecified atom stereocenters. The molecular formula is C24H23NO5. The standard InChI is InChI=1S/C24H23NO5/c1-28-22-13-18(14-23(15-22)29-2)7-6-17-8-10-21(11-9-17)30-16-19-4-3-5-20(12-19)24(26)25-27/h3-15,27H,16H2,1-2H3,(H,25,26)/b7-6+. The van der Waals surface area contributed by atoms with E-state index in [1.165, 1.54) is 0 Å². The highest BCUT2D eigenvalue weighted by Crippen LogP contribution is 2.24. The fourth-order valence-electron chi connectivity index (χ4n) is 2.83. The lowest BCUT2D eigenvalue weighted by Crippen LogP contribution is -2.18. The summed E-state index contributed by atoms with van der Waals surface area (Å²) >= 11 is 0. The lowest BCUT2D eigenvalue weighted by atomic mass is 10.1. The van der Waals surface area contributed by atoms with E-state index in [9.17, 15) is 4.79 Å². The summed E-state index contributed by atoms with van der Waals surface area (Å²) in [5, 5.41) is 8.73. The monoisotopic (exact) mass is 405 g/mol. The zero-order chi connectivity index (χ0) is 21.3. The summed E-state index contributed by atoms with van der Waals surface area (Å²) in [6, 6.07) is 20.3. The second-order valence-corrected chi connectivity index (χ2v) is 6.48. The van der Waals surface area contributed by atoms with Crippen molar-refractivity contribution in [3.05, 3.63) is 89.0 Å². The minimum atomic E-state index is -0.554. The molecule has 154 valence electrons. The average Bonchev–Trinajstić information content (AvgIpc) is 2.81. The van der Waals surface area contributed by atoms with Crippen molar-refractivity contribution >= 4 is 18.1 Å². The topological polar surface area (TPSA) is 77.0 Å². The highest BCUT2D eigenvalue weighted by molar-refractivity contribution is 5.93. The van der Waals surface area contributed by atoms with E-state index in [2.05, 4.69) is 0 Å². The Bertz CT molecular complexity index is 1010. The smallest absolute Gasteiger partial charge is 0.274 e. The summed E-state index contributed by atoms with van der Waals surface area (Å²) in [7, 11) is 3.25. The van der Waals surface area contributed by atoms with Gasteiger partial charge in [0, 0.05) is 11.6 Å². The molecule has 3 aromatic rings. The number of ether oxygens (including phenoxy) is 3. The second kappa shape index (κ2) is 10.1. The van der Waals surface area contributed by atoms with Gasteiger partial charge in [-0.1, -0.05) is 36.4 Å². The maximum atomic E-state index is 11.5. The van der Waals surface area contributed by atoms with Crippen molar-refractivity contribution in [3.8, 4) is 17.2 Å². The molecule has 0 atom stereocenters. The fraction of sp³-hybridized carbons (Fsp3) is 0.125. The number of hydroxylamine groups is 1. The number of carbonyl (C=O) groups excluding carboxylic acids is 1. The van der Waals surface area contributed by atoms with E-state index in [0.717, 1.165) is 28.2 Å². The molecule has 0 fully saturated rings. The summed E-state index contributed by atoms with van der Waals surface area (Å²) in [5.41, 5.74) is 4.81. The van der Waals surface area contributed by atoms with E-state index in [4.69, 9.17) is 19.4 Å². The first-order valence-corrected chi connectivity index (χ1v) is 9.28. The largest absolute Gasteiger partial charge is 0.497 e. The van der Waals surface area contributed by atoms with E-state index in [0.29, 0.717) is 17.9 Å². The molecule has 6 heteroatoms. The molecule has 30 heavy (non-hydrogen) atoms. The zero-order valence-electron chi connectivity index (χ0n) is 16.8. The van der Waals surface area contributed by atoms with Crippen LogP contribution in [0.3, 0.4) is 0 Å². The van der Waals surface area contributed by atoms with Crippen molar-refractivity contribution in [1.82, 2.24) is 5.48 Å². The average molecular weight is 405 g/mol. The van der Waals surface area contributed by atoms with E-state index < -0.39 is 5.91 Å². The molecule has 0 aliphatic heterocycles. The molecule has 0 aliphatic carbocycles. The second-order valence-electron chi connectivity index (χ2n) is 6.48. The first kappa shape index (κ1) is 21.0. The highest BCUT2D eigenvalue weighted by Gasteiger charge is 2.05. The van der Waals surface area contributed by atoms with Crippen molar-refractivity contribution in [2.45, 2.75) is 6.61 Å². The molecule has 6 nitrogen and oxygen atoms in total. The van der Waals surface area contributed by atoms with Gasteiger partial charge in [-0.2, -0.15) is 0 Å². The van der Waals surface area contributed by atoms with Crippen LogP contribution >= 0.6 is 0 Å². The van der Waals surface area contributed by atoms with Gasteiger partial charge < -0.3 is 14.2 Å². The number of methoxy groups -OCH3 is 2. The van der Waals surface area contributed by atoms with E-state index in [1.807, 2.05) is 60.7 Å². The summed E-state index contributed by atoms with van der Waals surface area (Å²) in [5.74, 6) is 1.63. The maximum absolute atomic E-state index is 11.5. The first-order chi connectivity index (χ1) is 14.6. The minimum absolute atomic E-state index is 0.311. The van der Waals surface area contributed by atoms with Crippen LogP contribution in [0, 0.1) is 0 Å². The first-order valence-electron chi connectivity index (χ1n) is 9.28. The van der Waals surface area contributed by atoms with Gasteiger partial charge >= 0.3 is 0 Å². The Morgan fingerprint density at radius 3 is 2.17 bits per heavy atom. The number of hydrogen-bond acceptors (Lipinski definition) is 5. The molecule has 3 aromatic carbocycles. The third kappa shape index (κ3) is 5.62. The molecule has 3 rings (SSSR count). The Kier molecular flexibility index (Phi) is 7.08. The zero-order valence-corrected chi connectivity index (χ0v) is 16.8. The van der Waals surface area contributed by atoms with E-state index in [-0.39, 0.29) is 0 Å². The molecule has 0 saturated carbocycles. The number of carbonyl (C=O) groups is 1. The van der Waals surface area contributed by atoms with Crippen LogP contribution < -0.4 is 19.7 Å². The highest BCUT2D eigenvalue weighted by atomic mass is 16.5. The van der Waals surface area contributed by atoms with Gasteiger partial charge in [-0.15, -0.1) is 0 Å². The Balaban J connectivity index is 1.63. The number of amides is 1. The van der Waals surface area contributed by atoms with Crippen molar-refractivity contribution in [1.29, 1.82) is 0 Å². The van der Waals surface area contributed by atoms with Crippen molar-refractivity contribution in [2.75, 3.05) is 14.2 Å². The summed E-state index contributed by atoms with van der Waals surface area (Å²) in [6.45, 7) is 0.311. The molecule has 0 radical (unpaired) electrons.